The predicted molar refractivity (Wildman–Crippen MR) is 102 cm³/mol. The number of nitrogens with one attached hydrogen (secondary N) is 2. The van der Waals surface area contributed by atoms with Gasteiger partial charge in [0.25, 0.3) is 0 Å². The number of anilines is 1. The van der Waals surface area contributed by atoms with Crippen molar-refractivity contribution in [1.82, 2.24) is 20.1 Å². The van der Waals surface area contributed by atoms with Gasteiger partial charge in [-0.2, -0.15) is 5.10 Å². The number of benzene rings is 1. The van der Waals surface area contributed by atoms with Crippen LogP contribution in [0.25, 0.3) is 11.3 Å². The lowest BCUT2D eigenvalue weighted by atomic mass is 10.1. The molecule has 0 fully saturated rings. The molecular weight excluding hydrogens is 310 g/mol. The molecule has 0 aliphatic carbocycles. The molecule has 25 heavy (non-hydrogen) atoms. The van der Waals surface area contributed by atoms with Crippen molar-refractivity contribution < 1.29 is 0 Å². The van der Waals surface area contributed by atoms with Gasteiger partial charge in [-0.25, -0.2) is 4.98 Å². The molecule has 0 aliphatic rings. The molecule has 2 aromatic heterocycles. The van der Waals surface area contributed by atoms with Gasteiger partial charge in [-0.3, -0.25) is 5.10 Å². The Morgan fingerprint density at radius 1 is 1.12 bits per heavy atom. The normalized spacial score (nSPS) is 11.0. The first-order valence-electron chi connectivity index (χ1n) is 8.71. The third kappa shape index (κ3) is 4.67. The van der Waals surface area contributed by atoms with Gasteiger partial charge in [-0.05, 0) is 37.7 Å². The molecule has 0 amide bonds. The second kappa shape index (κ2) is 8.44. The third-order valence-electron chi connectivity index (χ3n) is 4.12. The first-order chi connectivity index (χ1) is 12.3. The summed E-state index contributed by atoms with van der Waals surface area (Å²) in [6, 6.07) is 14.4. The summed E-state index contributed by atoms with van der Waals surface area (Å²) in [6.45, 7) is 4.92. The van der Waals surface area contributed by atoms with E-state index in [0.717, 1.165) is 43.1 Å². The van der Waals surface area contributed by atoms with Crippen LogP contribution in [0.15, 0.2) is 54.9 Å². The van der Waals surface area contributed by atoms with Gasteiger partial charge in [0, 0.05) is 36.6 Å². The number of H-pyrrole nitrogens is 1. The highest BCUT2D eigenvalue weighted by Crippen LogP contribution is 2.22. The van der Waals surface area contributed by atoms with Crippen LogP contribution in [-0.4, -0.2) is 33.7 Å². The smallest absolute Gasteiger partial charge is 0.126 e. The van der Waals surface area contributed by atoms with E-state index in [2.05, 4.69) is 57.6 Å². The monoisotopic (exact) mass is 335 g/mol. The summed E-state index contributed by atoms with van der Waals surface area (Å²) in [7, 11) is 2.13. The predicted octanol–water partition coefficient (Wildman–Crippen LogP) is 3.93. The quantitative estimate of drug-likeness (QED) is 0.655. The number of hydrogen-bond acceptors (Lipinski definition) is 4. The fourth-order valence-electron chi connectivity index (χ4n) is 2.86. The minimum Gasteiger partial charge on any atom is -0.366 e. The molecule has 3 aromatic rings. The molecule has 1 aromatic carbocycles. The Bertz CT molecular complexity index is 764. The number of hydrogen-bond donors (Lipinski definition) is 2. The van der Waals surface area contributed by atoms with E-state index in [0.29, 0.717) is 0 Å². The fraction of sp³-hybridized carbons (Fsp3) is 0.300. The van der Waals surface area contributed by atoms with E-state index in [1.54, 1.807) is 0 Å². The number of nitrogens with zero attached hydrogens (tertiary/aromatic N) is 3. The van der Waals surface area contributed by atoms with Crippen molar-refractivity contribution in [2.75, 3.05) is 18.9 Å². The highest BCUT2D eigenvalue weighted by Gasteiger charge is 2.11. The molecule has 0 radical (unpaired) electrons. The van der Waals surface area contributed by atoms with Crippen LogP contribution < -0.4 is 5.32 Å². The molecule has 5 nitrogen and oxygen atoms in total. The van der Waals surface area contributed by atoms with Crippen LogP contribution >= 0.6 is 0 Å². The highest BCUT2D eigenvalue weighted by atomic mass is 15.1. The van der Waals surface area contributed by atoms with Crippen LogP contribution in [0.3, 0.4) is 0 Å². The van der Waals surface area contributed by atoms with E-state index < -0.39 is 0 Å². The molecule has 0 aliphatic heterocycles. The standard InChI is InChI=1S/C20H25N5/c1-3-11-25(2)15-18-14-23-24-20(18)17-9-10-19(22-13-17)21-12-16-7-5-4-6-8-16/h4-10,13-14H,3,11-12,15H2,1-2H3,(H,21,22)(H,23,24). The van der Waals surface area contributed by atoms with Crippen LogP contribution in [0, 0.1) is 0 Å². The lowest BCUT2D eigenvalue weighted by molar-refractivity contribution is 0.328. The molecule has 0 atom stereocenters. The van der Waals surface area contributed by atoms with Crippen molar-refractivity contribution in [1.29, 1.82) is 0 Å². The lowest BCUT2D eigenvalue weighted by Crippen LogP contribution is -2.18. The SMILES string of the molecule is CCCN(C)Cc1c[nH]nc1-c1ccc(NCc2ccccc2)nc1. The van der Waals surface area contributed by atoms with E-state index >= 15 is 0 Å². The Hall–Kier alpha value is -2.66. The Morgan fingerprint density at radius 3 is 2.68 bits per heavy atom. The zero-order valence-electron chi connectivity index (χ0n) is 14.9. The Balaban J connectivity index is 1.65. The molecule has 0 saturated heterocycles. The van der Waals surface area contributed by atoms with E-state index in [1.165, 1.54) is 11.1 Å². The zero-order chi connectivity index (χ0) is 17.5. The lowest BCUT2D eigenvalue weighted by Gasteiger charge is -2.15. The van der Waals surface area contributed by atoms with Gasteiger partial charge >= 0.3 is 0 Å². The second-order valence-corrected chi connectivity index (χ2v) is 6.27. The Kier molecular flexibility index (Phi) is 5.80. The van der Waals surface area contributed by atoms with E-state index in [9.17, 15) is 0 Å². The molecule has 0 unspecified atom stereocenters. The maximum Gasteiger partial charge on any atom is 0.126 e. The maximum absolute atomic E-state index is 4.53. The van der Waals surface area contributed by atoms with Crippen molar-refractivity contribution in [2.24, 2.45) is 0 Å². The van der Waals surface area contributed by atoms with Crippen LogP contribution in [0.4, 0.5) is 5.82 Å². The van der Waals surface area contributed by atoms with Crippen molar-refractivity contribution in [3.05, 3.63) is 66.0 Å². The van der Waals surface area contributed by atoms with Gasteiger partial charge in [0.1, 0.15) is 5.82 Å². The van der Waals surface area contributed by atoms with Gasteiger partial charge in [-0.1, -0.05) is 37.3 Å². The molecule has 0 bridgehead atoms. The molecular formula is C20H25N5. The average Bonchev–Trinajstić information content (AvgIpc) is 3.09. The van der Waals surface area contributed by atoms with E-state index in [1.807, 2.05) is 36.7 Å². The van der Waals surface area contributed by atoms with Crippen LogP contribution in [0.2, 0.25) is 0 Å². The molecule has 130 valence electrons. The van der Waals surface area contributed by atoms with Crippen molar-refractivity contribution >= 4 is 5.82 Å². The first kappa shape index (κ1) is 17.2. The maximum atomic E-state index is 4.53. The van der Waals surface area contributed by atoms with Crippen LogP contribution in [0.5, 0.6) is 0 Å². The van der Waals surface area contributed by atoms with Crippen molar-refractivity contribution in [2.45, 2.75) is 26.4 Å². The van der Waals surface area contributed by atoms with Crippen molar-refractivity contribution in [3.63, 3.8) is 0 Å². The van der Waals surface area contributed by atoms with Crippen molar-refractivity contribution in [3.8, 4) is 11.3 Å². The molecule has 5 heteroatoms. The first-order valence-corrected chi connectivity index (χ1v) is 8.71. The molecule has 3 rings (SSSR count). The van der Waals surface area contributed by atoms with Gasteiger partial charge in [0.05, 0.1) is 5.69 Å². The summed E-state index contributed by atoms with van der Waals surface area (Å²) in [5, 5.41) is 10.7. The second-order valence-electron chi connectivity index (χ2n) is 6.27. The molecule has 0 saturated carbocycles. The molecule has 2 heterocycles. The molecule has 0 spiro atoms. The summed E-state index contributed by atoms with van der Waals surface area (Å²) >= 11 is 0. The largest absolute Gasteiger partial charge is 0.366 e. The summed E-state index contributed by atoms with van der Waals surface area (Å²) in [4.78, 5) is 6.83. The zero-order valence-corrected chi connectivity index (χ0v) is 14.9. The number of pyridine rings is 1. The van der Waals surface area contributed by atoms with Crippen LogP contribution in [-0.2, 0) is 13.1 Å². The Morgan fingerprint density at radius 2 is 1.96 bits per heavy atom. The summed E-state index contributed by atoms with van der Waals surface area (Å²) in [5.74, 6) is 0.868. The van der Waals surface area contributed by atoms with Gasteiger partial charge in [-0.15, -0.1) is 0 Å². The van der Waals surface area contributed by atoms with Gasteiger partial charge in [0.15, 0.2) is 0 Å². The minimum atomic E-state index is 0.767. The summed E-state index contributed by atoms with van der Waals surface area (Å²) in [6.07, 6.45) is 5.00. The van der Waals surface area contributed by atoms with E-state index in [4.69, 9.17) is 0 Å². The highest BCUT2D eigenvalue weighted by molar-refractivity contribution is 5.63. The molecule has 2 N–H and O–H groups in total. The van der Waals surface area contributed by atoms with Gasteiger partial charge < -0.3 is 10.2 Å². The Labute approximate surface area is 149 Å². The topological polar surface area (TPSA) is 56.8 Å². The number of aromatic nitrogens is 3. The van der Waals surface area contributed by atoms with Crippen LogP contribution in [0.1, 0.15) is 24.5 Å². The van der Waals surface area contributed by atoms with E-state index in [-0.39, 0.29) is 0 Å². The third-order valence-corrected chi connectivity index (χ3v) is 4.12. The summed E-state index contributed by atoms with van der Waals surface area (Å²) in [5.41, 5.74) is 4.45. The minimum absolute atomic E-state index is 0.767. The summed E-state index contributed by atoms with van der Waals surface area (Å²) < 4.78 is 0. The number of rotatable bonds is 8. The fourth-order valence-corrected chi connectivity index (χ4v) is 2.86. The average molecular weight is 335 g/mol. The number of aromatic amines is 1. The van der Waals surface area contributed by atoms with Gasteiger partial charge in [0.2, 0.25) is 0 Å².